The molecule has 2 saturated carbocycles. The Morgan fingerprint density at radius 2 is 1.95 bits per heavy atom. The third-order valence-electron chi connectivity index (χ3n) is 5.04. The molecule has 1 spiro atoms. The van der Waals surface area contributed by atoms with Crippen LogP contribution in [-0.4, -0.2) is 6.03 Å². The number of hydrogen-bond acceptors (Lipinski definition) is 1. The summed E-state index contributed by atoms with van der Waals surface area (Å²) in [6, 6.07) is 6.17. The molecule has 1 aliphatic heterocycles. The van der Waals surface area contributed by atoms with Crippen molar-refractivity contribution >= 4 is 27.6 Å². The summed E-state index contributed by atoms with van der Waals surface area (Å²) in [6.45, 7) is 0. The van der Waals surface area contributed by atoms with Gasteiger partial charge in [-0.25, -0.2) is 4.79 Å². The van der Waals surface area contributed by atoms with E-state index in [0.717, 1.165) is 34.8 Å². The lowest BCUT2D eigenvalue weighted by Gasteiger charge is -2.45. The second-order valence-electron chi connectivity index (χ2n) is 6.28. The monoisotopic (exact) mass is 320 g/mol. The van der Waals surface area contributed by atoms with E-state index in [9.17, 15) is 4.79 Å². The summed E-state index contributed by atoms with van der Waals surface area (Å²) in [7, 11) is 0. The van der Waals surface area contributed by atoms with Crippen molar-refractivity contribution in [3.63, 3.8) is 0 Å². The van der Waals surface area contributed by atoms with E-state index in [0.29, 0.717) is 0 Å². The Hall–Kier alpha value is -1.03. The molecule has 2 unspecified atom stereocenters. The molecule has 0 aromatic heterocycles. The van der Waals surface area contributed by atoms with E-state index < -0.39 is 0 Å². The predicted octanol–water partition coefficient (Wildman–Crippen LogP) is 3.99. The van der Waals surface area contributed by atoms with Crippen LogP contribution in [0, 0.1) is 11.8 Å². The Kier molecular flexibility index (Phi) is 2.47. The molecule has 1 heterocycles. The molecule has 2 N–H and O–H groups in total. The van der Waals surface area contributed by atoms with Gasteiger partial charge in [0.25, 0.3) is 0 Å². The van der Waals surface area contributed by atoms with Gasteiger partial charge in [-0.1, -0.05) is 25.0 Å². The minimum Gasteiger partial charge on any atom is -0.328 e. The van der Waals surface area contributed by atoms with Crippen LogP contribution >= 0.6 is 15.9 Å². The van der Waals surface area contributed by atoms with Crippen molar-refractivity contribution in [1.29, 1.82) is 0 Å². The number of amides is 2. The largest absolute Gasteiger partial charge is 0.328 e. The molecule has 0 radical (unpaired) electrons. The Morgan fingerprint density at radius 1 is 1.21 bits per heavy atom. The van der Waals surface area contributed by atoms with Crippen LogP contribution in [0.25, 0.3) is 0 Å². The molecule has 3 nitrogen and oxygen atoms in total. The summed E-state index contributed by atoms with van der Waals surface area (Å²) in [4.78, 5) is 12.0. The molecule has 1 aromatic carbocycles. The second kappa shape index (κ2) is 3.98. The molecule has 2 aliphatic carbocycles. The van der Waals surface area contributed by atoms with Gasteiger partial charge in [0.15, 0.2) is 0 Å². The Morgan fingerprint density at radius 3 is 2.68 bits per heavy atom. The Balaban J connectivity index is 1.85. The maximum Gasteiger partial charge on any atom is 0.319 e. The smallest absolute Gasteiger partial charge is 0.319 e. The standard InChI is InChI=1S/C15H17BrN2O/c16-12-3-1-2-11-13(12)17-14(19)18-15(11)7-9-4-5-10(6-9)8-15/h1-3,9-10H,4-8H2,(H2,17,18,19). The SMILES string of the molecule is O=C1Nc2c(Br)cccc2C2(CC3CCC(C3)C2)N1. The van der Waals surface area contributed by atoms with E-state index in [2.05, 4.69) is 38.7 Å². The van der Waals surface area contributed by atoms with Crippen LogP contribution in [0.1, 0.15) is 37.7 Å². The number of fused-ring (bicyclic) bond motifs is 4. The fourth-order valence-corrected chi connectivity index (χ4v) is 4.88. The second-order valence-corrected chi connectivity index (χ2v) is 7.13. The highest BCUT2D eigenvalue weighted by Gasteiger charge is 2.48. The molecule has 0 saturated heterocycles. The number of carbonyl (C=O) groups excluding carboxylic acids is 1. The summed E-state index contributed by atoms with van der Waals surface area (Å²) in [5.41, 5.74) is 2.09. The highest BCUT2D eigenvalue weighted by Crippen LogP contribution is 2.53. The maximum atomic E-state index is 12.0. The number of para-hydroxylation sites is 1. The first-order chi connectivity index (χ1) is 9.16. The minimum atomic E-state index is -0.133. The van der Waals surface area contributed by atoms with Crippen LogP contribution in [0.3, 0.4) is 0 Å². The molecule has 19 heavy (non-hydrogen) atoms. The van der Waals surface area contributed by atoms with Crippen LogP contribution in [0.2, 0.25) is 0 Å². The highest BCUT2D eigenvalue weighted by atomic mass is 79.9. The lowest BCUT2D eigenvalue weighted by molar-refractivity contribution is 0.170. The zero-order valence-corrected chi connectivity index (χ0v) is 12.3. The normalized spacial score (nSPS) is 35.7. The van der Waals surface area contributed by atoms with Crippen molar-refractivity contribution in [2.75, 3.05) is 5.32 Å². The molecule has 3 aliphatic rings. The van der Waals surface area contributed by atoms with E-state index in [1.54, 1.807) is 0 Å². The molecule has 2 bridgehead atoms. The van der Waals surface area contributed by atoms with Crippen molar-refractivity contribution in [3.05, 3.63) is 28.2 Å². The van der Waals surface area contributed by atoms with E-state index in [1.807, 2.05) is 6.07 Å². The Labute approximate surface area is 121 Å². The first kappa shape index (κ1) is 11.8. The average Bonchev–Trinajstić information content (AvgIpc) is 2.71. The minimum absolute atomic E-state index is 0.0549. The lowest BCUT2D eigenvalue weighted by atomic mass is 9.70. The van der Waals surface area contributed by atoms with Crippen molar-refractivity contribution in [3.8, 4) is 0 Å². The molecule has 2 atom stereocenters. The molecule has 2 amide bonds. The van der Waals surface area contributed by atoms with Crippen LogP contribution in [0.5, 0.6) is 0 Å². The summed E-state index contributed by atoms with van der Waals surface area (Å²) < 4.78 is 0.983. The molecule has 4 rings (SSSR count). The summed E-state index contributed by atoms with van der Waals surface area (Å²) >= 11 is 3.56. The van der Waals surface area contributed by atoms with Gasteiger partial charge in [0.1, 0.15) is 0 Å². The maximum absolute atomic E-state index is 12.0. The van der Waals surface area contributed by atoms with Crippen molar-refractivity contribution in [2.45, 2.75) is 37.6 Å². The van der Waals surface area contributed by atoms with Gasteiger partial charge in [-0.15, -0.1) is 0 Å². The number of hydrogen-bond donors (Lipinski definition) is 2. The number of halogens is 1. The van der Waals surface area contributed by atoms with E-state index >= 15 is 0 Å². The molecule has 4 heteroatoms. The van der Waals surface area contributed by atoms with E-state index in [-0.39, 0.29) is 11.6 Å². The number of rotatable bonds is 0. The highest BCUT2D eigenvalue weighted by molar-refractivity contribution is 9.10. The van der Waals surface area contributed by atoms with Gasteiger partial charge in [0.2, 0.25) is 0 Å². The summed E-state index contributed by atoms with van der Waals surface area (Å²) in [5.74, 6) is 1.56. The molecule has 2 fully saturated rings. The zero-order valence-electron chi connectivity index (χ0n) is 10.7. The first-order valence-corrected chi connectivity index (χ1v) is 7.84. The van der Waals surface area contributed by atoms with Gasteiger partial charge in [0, 0.05) is 10.0 Å². The summed E-state index contributed by atoms with van der Waals surface area (Å²) in [6.07, 6.45) is 6.22. The van der Waals surface area contributed by atoms with Crippen LogP contribution in [0.4, 0.5) is 10.5 Å². The van der Waals surface area contributed by atoms with E-state index in [4.69, 9.17) is 0 Å². The van der Waals surface area contributed by atoms with Gasteiger partial charge in [-0.2, -0.15) is 0 Å². The quantitative estimate of drug-likeness (QED) is 0.745. The molecule has 100 valence electrons. The third-order valence-corrected chi connectivity index (χ3v) is 5.71. The fourth-order valence-electron chi connectivity index (χ4n) is 4.42. The molecule has 1 aromatic rings. The number of urea groups is 1. The van der Waals surface area contributed by atoms with Gasteiger partial charge in [0.05, 0.1) is 11.2 Å². The zero-order chi connectivity index (χ0) is 13.0. The molecular formula is C15H17BrN2O. The van der Waals surface area contributed by atoms with E-state index in [1.165, 1.54) is 24.8 Å². The van der Waals surface area contributed by atoms with Crippen LogP contribution in [0.15, 0.2) is 22.7 Å². The van der Waals surface area contributed by atoms with Crippen LogP contribution < -0.4 is 10.6 Å². The molecular weight excluding hydrogens is 304 g/mol. The first-order valence-electron chi connectivity index (χ1n) is 7.04. The van der Waals surface area contributed by atoms with Gasteiger partial charge >= 0.3 is 6.03 Å². The van der Waals surface area contributed by atoms with Gasteiger partial charge in [-0.05, 0) is 53.1 Å². The number of nitrogens with one attached hydrogen (secondary N) is 2. The predicted molar refractivity (Wildman–Crippen MR) is 78.0 cm³/mol. The fraction of sp³-hybridized carbons (Fsp3) is 0.533. The topological polar surface area (TPSA) is 41.1 Å². The van der Waals surface area contributed by atoms with Crippen LogP contribution in [-0.2, 0) is 5.54 Å². The summed E-state index contributed by atoms with van der Waals surface area (Å²) in [5, 5.41) is 6.20. The van der Waals surface area contributed by atoms with Gasteiger partial charge in [-0.3, -0.25) is 0 Å². The average molecular weight is 321 g/mol. The lowest BCUT2D eigenvalue weighted by Crippen LogP contribution is -2.54. The number of carbonyl (C=O) groups is 1. The van der Waals surface area contributed by atoms with Crippen molar-refractivity contribution in [2.24, 2.45) is 11.8 Å². The van der Waals surface area contributed by atoms with Crippen molar-refractivity contribution < 1.29 is 4.79 Å². The third kappa shape index (κ3) is 1.72. The van der Waals surface area contributed by atoms with Gasteiger partial charge < -0.3 is 10.6 Å². The number of anilines is 1. The Bertz CT molecular complexity index is 545. The number of benzene rings is 1. The van der Waals surface area contributed by atoms with Crippen molar-refractivity contribution in [1.82, 2.24) is 5.32 Å².